The summed E-state index contributed by atoms with van der Waals surface area (Å²) in [7, 11) is -4.34. The number of amides is 1. The maximum absolute atomic E-state index is 12.3. The van der Waals surface area contributed by atoms with Crippen LogP contribution in [0, 0.1) is 0 Å². The molecule has 0 bridgehead atoms. The van der Waals surface area contributed by atoms with Crippen molar-refractivity contribution in [3.8, 4) is 0 Å². The van der Waals surface area contributed by atoms with Crippen LogP contribution in [-0.2, 0) is 14.9 Å². The molecule has 6 nitrogen and oxygen atoms in total. The molecule has 0 saturated carbocycles. The molecule has 2 atom stereocenters. The van der Waals surface area contributed by atoms with Crippen LogP contribution in [0.5, 0.6) is 0 Å². The second-order valence-corrected chi connectivity index (χ2v) is 13.6. The number of allylic oxidation sites excluding steroid dienone is 5. The van der Waals surface area contributed by atoms with Gasteiger partial charge in [0, 0.05) is 6.42 Å². The van der Waals surface area contributed by atoms with Crippen molar-refractivity contribution in [3.63, 3.8) is 0 Å². The largest absolute Gasteiger partial charge is 0.387 e. The van der Waals surface area contributed by atoms with Gasteiger partial charge in [-0.2, -0.15) is 8.42 Å². The summed E-state index contributed by atoms with van der Waals surface area (Å²) in [6.07, 6.45) is 38.6. The van der Waals surface area contributed by atoms with Crippen molar-refractivity contribution in [2.75, 3.05) is 5.75 Å². The van der Waals surface area contributed by atoms with Gasteiger partial charge in [-0.25, -0.2) is 0 Å². The monoisotopic (exact) mass is 625 g/mol. The molecule has 0 aliphatic heterocycles. The molecule has 0 rings (SSSR count). The van der Waals surface area contributed by atoms with Crippen molar-refractivity contribution in [3.05, 3.63) is 36.5 Å². The number of nitrogens with one attached hydrogen (secondary N) is 1. The molecule has 0 heterocycles. The number of hydrogen-bond acceptors (Lipinski definition) is 4. The standard InChI is InChI=1S/C36H67NO5S/c1-3-5-7-9-11-13-14-15-16-17-18-19-20-21-22-23-24-25-27-29-31-35(38)34(33-43(40,41)42)37-36(39)32-30-28-26-12-10-8-6-4-2/h19-20,23-24,29,31,34-35,38H,3-18,21-22,25-28,30,32-33H2,1-2H3,(H,37,39)(H,40,41,42)/b20-19+,24-23+,31-29+. The van der Waals surface area contributed by atoms with Crippen molar-refractivity contribution in [2.24, 2.45) is 0 Å². The van der Waals surface area contributed by atoms with Crippen molar-refractivity contribution >= 4 is 16.0 Å². The molecule has 252 valence electrons. The molecule has 0 aromatic heterocycles. The highest BCUT2D eigenvalue weighted by Crippen LogP contribution is 2.12. The lowest BCUT2D eigenvalue weighted by Crippen LogP contribution is -2.46. The predicted molar refractivity (Wildman–Crippen MR) is 184 cm³/mol. The zero-order valence-electron chi connectivity index (χ0n) is 27.8. The van der Waals surface area contributed by atoms with E-state index >= 15 is 0 Å². The molecule has 0 radical (unpaired) electrons. The molecule has 3 N–H and O–H groups in total. The first-order valence-corrected chi connectivity index (χ1v) is 19.3. The molecule has 2 unspecified atom stereocenters. The Bertz CT molecular complexity index is 821. The number of hydrogen-bond donors (Lipinski definition) is 3. The van der Waals surface area contributed by atoms with E-state index in [-0.39, 0.29) is 12.3 Å². The fraction of sp³-hybridized carbons (Fsp3) is 0.806. The molecule has 0 aromatic rings. The highest BCUT2D eigenvalue weighted by Gasteiger charge is 2.24. The van der Waals surface area contributed by atoms with E-state index in [2.05, 4.69) is 43.5 Å². The summed E-state index contributed by atoms with van der Waals surface area (Å²) in [5, 5.41) is 13.1. The van der Waals surface area contributed by atoms with Gasteiger partial charge in [0.25, 0.3) is 10.1 Å². The number of aliphatic hydroxyl groups is 1. The summed E-state index contributed by atoms with van der Waals surface area (Å²) in [5.74, 6) is -1.01. The lowest BCUT2D eigenvalue weighted by atomic mass is 10.1. The third-order valence-electron chi connectivity index (χ3n) is 7.80. The first-order valence-electron chi connectivity index (χ1n) is 17.7. The van der Waals surface area contributed by atoms with Crippen LogP contribution >= 0.6 is 0 Å². The zero-order valence-corrected chi connectivity index (χ0v) is 28.6. The van der Waals surface area contributed by atoms with E-state index in [1.54, 1.807) is 6.08 Å². The van der Waals surface area contributed by atoms with Crippen LogP contribution in [0.1, 0.15) is 168 Å². The van der Waals surface area contributed by atoms with Gasteiger partial charge in [0.15, 0.2) is 0 Å². The third kappa shape index (κ3) is 31.8. The summed E-state index contributed by atoms with van der Waals surface area (Å²) < 4.78 is 32.2. The Balaban J connectivity index is 4.03. The van der Waals surface area contributed by atoms with Gasteiger partial charge in [-0.3, -0.25) is 9.35 Å². The van der Waals surface area contributed by atoms with Crippen LogP contribution in [0.15, 0.2) is 36.5 Å². The molecule has 0 aliphatic carbocycles. The third-order valence-corrected chi connectivity index (χ3v) is 8.58. The normalized spacial score (nSPS) is 13.9. The second kappa shape index (κ2) is 30.6. The minimum absolute atomic E-state index is 0.284. The first kappa shape index (κ1) is 41.6. The summed E-state index contributed by atoms with van der Waals surface area (Å²) in [4.78, 5) is 12.3. The summed E-state index contributed by atoms with van der Waals surface area (Å²) in [6.45, 7) is 4.46. The molecular weight excluding hydrogens is 558 g/mol. The topological polar surface area (TPSA) is 104 Å². The minimum Gasteiger partial charge on any atom is -0.387 e. The van der Waals surface area contributed by atoms with Gasteiger partial charge in [-0.05, 0) is 44.9 Å². The van der Waals surface area contributed by atoms with Gasteiger partial charge in [0.2, 0.25) is 5.91 Å². The second-order valence-electron chi connectivity index (χ2n) is 12.1. The van der Waals surface area contributed by atoms with Gasteiger partial charge in [-0.15, -0.1) is 0 Å². The van der Waals surface area contributed by atoms with Gasteiger partial charge < -0.3 is 10.4 Å². The smallest absolute Gasteiger partial charge is 0.267 e. The van der Waals surface area contributed by atoms with E-state index in [9.17, 15) is 22.9 Å². The fourth-order valence-corrected chi connectivity index (χ4v) is 5.86. The van der Waals surface area contributed by atoms with E-state index in [1.165, 1.54) is 109 Å². The van der Waals surface area contributed by atoms with E-state index < -0.39 is 28.0 Å². The van der Waals surface area contributed by atoms with Gasteiger partial charge in [-0.1, -0.05) is 153 Å². The van der Waals surface area contributed by atoms with Gasteiger partial charge in [0.05, 0.1) is 17.9 Å². The van der Waals surface area contributed by atoms with Crippen molar-refractivity contribution in [2.45, 2.75) is 180 Å². The quantitative estimate of drug-likeness (QED) is 0.0404. The highest BCUT2D eigenvalue weighted by molar-refractivity contribution is 7.85. The van der Waals surface area contributed by atoms with Crippen LogP contribution in [0.2, 0.25) is 0 Å². The van der Waals surface area contributed by atoms with Gasteiger partial charge in [0.1, 0.15) is 0 Å². The number of carbonyl (C=O) groups is 1. The van der Waals surface area contributed by atoms with Crippen LogP contribution in [0.4, 0.5) is 0 Å². The summed E-state index contributed by atoms with van der Waals surface area (Å²) in [5.41, 5.74) is 0. The Morgan fingerprint density at radius 2 is 1.00 bits per heavy atom. The Hall–Kier alpha value is -1.44. The van der Waals surface area contributed by atoms with Crippen LogP contribution in [0.25, 0.3) is 0 Å². The maximum Gasteiger partial charge on any atom is 0.267 e. The average Bonchev–Trinajstić information content (AvgIpc) is 2.96. The predicted octanol–water partition coefficient (Wildman–Crippen LogP) is 9.79. The van der Waals surface area contributed by atoms with E-state index in [0.717, 1.165) is 38.5 Å². The molecule has 0 fully saturated rings. The Morgan fingerprint density at radius 3 is 1.47 bits per heavy atom. The van der Waals surface area contributed by atoms with E-state index in [4.69, 9.17) is 0 Å². The van der Waals surface area contributed by atoms with Crippen molar-refractivity contribution in [1.82, 2.24) is 5.32 Å². The van der Waals surface area contributed by atoms with Crippen LogP contribution in [-0.4, -0.2) is 41.9 Å². The van der Waals surface area contributed by atoms with Crippen molar-refractivity contribution < 1.29 is 22.9 Å². The van der Waals surface area contributed by atoms with E-state index in [1.807, 2.05) is 0 Å². The number of aliphatic hydroxyl groups excluding tert-OH is 1. The Morgan fingerprint density at radius 1 is 0.605 bits per heavy atom. The first-order chi connectivity index (χ1) is 20.8. The molecule has 43 heavy (non-hydrogen) atoms. The number of rotatable bonds is 31. The number of carbonyl (C=O) groups excluding carboxylic acids is 1. The van der Waals surface area contributed by atoms with Crippen molar-refractivity contribution in [1.29, 1.82) is 0 Å². The molecule has 1 amide bonds. The molecule has 0 spiro atoms. The van der Waals surface area contributed by atoms with Crippen LogP contribution < -0.4 is 5.32 Å². The molecule has 0 aromatic carbocycles. The minimum atomic E-state index is -4.34. The summed E-state index contributed by atoms with van der Waals surface area (Å²) >= 11 is 0. The average molecular weight is 626 g/mol. The molecule has 0 saturated heterocycles. The number of unbranched alkanes of at least 4 members (excludes halogenated alkanes) is 19. The maximum atomic E-state index is 12.3. The van der Waals surface area contributed by atoms with Gasteiger partial charge >= 0.3 is 0 Å². The molecular formula is C36H67NO5S. The molecule has 0 aliphatic rings. The lowest BCUT2D eigenvalue weighted by Gasteiger charge is -2.21. The lowest BCUT2D eigenvalue weighted by molar-refractivity contribution is -0.122. The van der Waals surface area contributed by atoms with E-state index in [0.29, 0.717) is 6.42 Å². The Labute approximate surface area is 266 Å². The Kier molecular flexibility index (Phi) is 29.6. The molecule has 7 heteroatoms. The highest BCUT2D eigenvalue weighted by atomic mass is 32.2. The summed E-state index contributed by atoms with van der Waals surface area (Å²) in [6, 6.07) is -1.07. The zero-order chi connectivity index (χ0) is 31.9. The SMILES string of the molecule is CCCCCCCCCCCC/C=C/CC/C=C/CC/C=C/C(O)C(CS(=O)(=O)O)NC(=O)CCCCCCCCCC. The van der Waals surface area contributed by atoms with Crippen LogP contribution in [0.3, 0.4) is 0 Å². The fourth-order valence-electron chi connectivity index (χ4n) is 5.13.